The molecule has 0 radical (unpaired) electrons. The number of nitrogens with one attached hydrogen (secondary N) is 1. The van der Waals surface area contributed by atoms with E-state index in [0.717, 1.165) is 38.9 Å². The monoisotopic (exact) mass is 442 g/mol. The molecule has 5 nitrogen and oxygen atoms in total. The van der Waals surface area contributed by atoms with Gasteiger partial charge in [0.2, 0.25) is 0 Å². The molecule has 4 rings (SSSR count). The lowest BCUT2D eigenvalue weighted by Gasteiger charge is -2.12. The number of alkyl halides is 3. The van der Waals surface area contributed by atoms with Crippen LogP contribution in [-0.2, 0) is 6.18 Å². The Labute approximate surface area is 180 Å². The van der Waals surface area contributed by atoms with E-state index >= 15 is 0 Å². The molecule has 2 aromatic heterocycles. The second kappa shape index (κ2) is 7.99. The van der Waals surface area contributed by atoms with Crippen LogP contribution in [-0.4, -0.2) is 20.7 Å². The molecule has 4 aromatic rings. The van der Waals surface area contributed by atoms with Gasteiger partial charge < -0.3 is 0 Å². The van der Waals surface area contributed by atoms with Gasteiger partial charge in [0.05, 0.1) is 23.1 Å². The maximum Gasteiger partial charge on any atom is 0.434 e. The molecular formula is C22H17F3N4OS. The fourth-order valence-corrected chi connectivity index (χ4v) is 3.85. The molecule has 31 heavy (non-hydrogen) atoms. The van der Waals surface area contributed by atoms with Gasteiger partial charge in [0, 0.05) is 10.9 Å². The van der Waals surface area contributed by atoms with Gasteiger partial charge in [-0.25, -0.2) is 9.67 Å². The van der Waals surface area contributed by atoms with Crippen molar-refractivity contribution in [3.63, 3.8) is 0 Å². The first-order valence-electron chi connectivity index (χ1n) is 9.29. The van der Waals surface area contributed by atoms with Crippen molar-refractivity contribution in [2.24, 2.45) is 0 Å². The zero-order valence-corrected chi connectivity index (χ0v) is 17.4. The molecule has 1 amide bonds. The van der Waals surface area contributed by atoms with Gasteiger partial charge in [-0.1, -0.05) is 42.0 Å². The Kier molecular flexibility index (Phi) is 5.36. The number of hydrogen-bond donors (Lipinski definition) is 1. The van der Waals surface area contributed by atoms with E-state index in [4.69, 9.17) is 0 Å². The summed E-state index contributed by atoms with van der Waals surface area (Å²) in [5.74, 6) is -0.920. The highest BCUT2D eigenvalue weighted by molar-refractivity contribution is 7.14. The molecule has 0 aliphatic carbocycles. The summed E-state index contributed by atoms with van der Waals surface area (Å²) in [7, 11) is 0. The molecule has 0 spiro atoms. The van der Waals surface area contributed by atoms with Crippen LogP contribution in [0, 0.1) is 13.8 Å². The summed E-state index contributed by atoms with van der Waals surface area (Å²) in [5, 5.41) is 8.25. The second-order valence-electron chi connectivity index (χ2n) is 6.96. The highest BCUT2D eigenvalue weighted by Crippen LogP contribution is 2.34. The van der Waals surface area contributed by atoms with Crippen molar-refractivity contribution < 1.29 is 18.0 Å². The number of halogens is 3. The van der Waals surface area contributed by atoms with Gasteiger partial charge in [-0.3, -0.25) is 10.1 Å². The van der Waals surface area contributed by atoms with E-state index in [-0.39, 0.29) is 10.8 Å². The smallest absolute Gasteiger partial charge is 0.298 e. The lowest BCUT2D eigenvalue weighted by molar-refractivity contribution is -0.143. The number of hydrogen-bond acceptors (Lipinski definition) is 4. The van der Waals surface area contributed by atoms with Crippen LogP contribution in [0.5, 0.6) is 0 Å². The first kappa shape index (κ1) is 20.8. The number of amides is 1. The summed E-state index contributed by atoms with van der Waals surface area (Å²) in [6.45, 7) is 3.76. The highest BCUT2D eigenvalue weighted by atomic mass is 32.1. The molecule has 9 heteroatoms. The first-order chi connectivity index (χ1) is 14.7. The molecule has 0 aliphatic rings. The van der Waals surface area contributed by atoms with Crippen molar-refractivity contribution >= 4 is 22.4 Å². The summed E-state index contributed by atoms with van der Waals surface area (Å²) >= 11 is 1.14. The van der Waals surface area contributed by atoms with Gasteiger partial charge in [-0.2, -0.15) is 18.3 Å². The number of carbonyl (C=O) groups excluding carboxylic acids is 1. The molecule has 0 aliphatic heterocycles. The normalized spacial score (nSPS) is 11.5. The molecule has 0 saturated carbocycles. The van der Waals surface area contributed by atoms with Crippen molar-refractivity contribution in [2.75, 3.05) is 5.32 Å². The third kappa shape index (κ3) is 4.22. The van der Waals surface area contributed by atoms with Crippen LogP contribution in [0.4, 0.5) is 18.3 Å². The zero-order valence-electron chi connectivity index (χ0n) is 16.6. The van der Waals surface area contributed by atoms with Crippen LogP contribution < -0.4 is 5.32 Å². The van der Waals surface area contributed by atoms with E-state index in [1.807, 2.05) is 38.1 Å². The van der Waals surface area contributed by atoms with Gasteiger partial charge in [0.15, 0.2) is 10.8 Å². The first-order valence-corrected chi connectivity index (χ1v) is 10.2. The van der Waals surface area contributed by atoms with Crippen molar-refractivity contribution in [3.05, 3.63) is 82.5 Å². The number of carbonyl (C=O) groups is 1. The summed E-state index contributed by atoms with van der Waals surface area (Å²) in [6, 6.07) is 14.0. The van der Waals surface area contributed by atoms with E-state index < -0.39 is 23.3 Å². The fraction of sp³-hybridized carbons (Fsp3) is 0.136. The van der Waals surface area contributed by atoms with Crippen LogP contribution in [0.2, 0.25) is 0 Å². The number of aryl methyl sites for hydroxylation is 2. The molecule has 0 saturated heterocycles. The largest absolute Gasteiger partial charge is 0.434 e. The SMILES string of the molecule is Cc1ccc(-n2ncc(C(=O)Nc3nc(-c4ccccc4C)cs3)c2C(F)(F)F)cc1. The quantitative estimate of drug-likeness (QED) is 0.429. The lowest BCUT2D eigenvalue weighted by atomic mass is 10.1. The van der Waals surface area contributed by atoms with E-state index in [1.54, 1.807) is 17.5 Å². The topological polar surface area (TPSA) is 59.8 Å². The predicted molar refractivity (Wildman–Crippen MR) is 114 cm³/mol. The maximum atomic E-state index is 13.8. The number of aromatic nitrogens is 3. The fourth-order valence-electron chi connectivity index (χ4n) is 3.15. The summed E-state index contributed by atoms with van der Waals surface area (Å²) in [5.41, 5.74) is 1.95. The number of rotatable bonds is 4. The minimum atomic E-state index is -4.77. The Morgan fingerprint density at radius 3 is 2.45 bits per heavy atom. The maximum absolute atomic E-state index is 13.8. The molecule has 0 unspecified atom stereocenters. The van der Waals surface area contributed by atoms with Gasteiger partial charge >= 0.3 is 6.18 Å². The van der Waals surface area contributed by atoms with Crippen molar-refractivity contribution in [1.29, 1.82) is 0 Å². The molecule has 0 bridgehead atoms. The third-order valence-corrected chi connectivity index (χ3v) is 5.46. The van der Waals surface area contributed by atoms with Crippen LogP contribution in [0.1, 0.15) is 27.2 Å². The average molecular weight is 442 g/mol. The molecule has 0 atom stereocenters. The summed E-state index contributed by atoms with van der Waals surface area (Å²) in [4.78, 5) is 17.0. The van der Waals surface area contributed by atoms with Gasteiger partial charge in [-0.05, 0) is 31.5 Å². The molecular weight excluding hydrogens is 425 g/mol. The summed E-state index contributed by atoms with van der Waals surface area (Å²) in [6.07, 6.45) is -3.85. The Morgan fingerprint density at radius 2 is 1.77 bits per heavy atom. The predicted octanol–water partition coefficient (Wildman–Crippen LogP) is 5.88. The molecule has 158 valence electrons. The van der Waals surface area contributed by atoms with E-state index in [2.05, 4.69) is 15.4 Å². The Bertz CT molecular complexity index is 1240. The number of benzene rings is 2. The van der Waals surface area contributed by atoms with Crippen LogP contribution in [0.15, 0.2) is 60.1 Å². The van der Waals surface area contributed by atoms with E-state index in [0.29, 0.717) is 5.69 Å². The Morgan fingerprint density at radius 1 is 1.06 bits per heavy atom. The number of anilines is 1. The van der Waals surface area contributed by atoms with Crippen molar-refractivity contribution in [2.45, 2.75) is 20.0 Å². The highest BCUT2D eigenvalue weighted by Gasteiger charge is 2.40. The Balaban J connectivity index is 1.65. The lowest BCUT2D eigenvalue weighted by Crippen LogP contribution is -2.20. The minimum absolute atomic E-state index is 0.208. The minimum Gasteiger partial charge on any atom is -0.298 e. The number of nitrogens with zero attached hydrogens (tertiary/aromatic N) is 3. The Hall–Kier alpha value is -3.46. The standard InChI is InChI=1S/C22H17F3N4OS/c1-13-7-9-15(10-8-13)29-19(22(23,24)25)17(11-26-29)20(30)28-21-27-18(12-31-21)16-6-4-3-5-14(16)2/h3-12H,1-2H3,(H,27,28,30). The van der Waals surface area contributed by atoms with Gasteiger partial charge in [0.1, 0.15) is 0 Å². The number of thiazole rings is 1. The summed E-state index contributed by atoms with van der Waals surface area (Å²) < 4.78 is 42.2. The van der Waals surface area contributed by atoms with E-state index in [1.165, 1.54) is 12.1 Å². The van der Waals surface area contributed by atoms with Gasteiger partial charge in [0.25, 0.3) is 5.91 Å². The van der Waals surface area contributed by atoms with Crippen LogP contribution >= 0.6 is 11.3 Å². The zero-order chi connectivity index (χ0) is 22.2. The van der Waals surface area contributed by atoms with Gasteiger partial charge in [-0.15, -0.1) is 11.3 Å². The van der Waals surface area contributed by atoms with Crippen LogP contribution in [0.3, 0.4) is 0 Å². The molecule has 1 N–H and O–H groups in total. The van der Waals surface area contributed by atoms with Crippen molar-refractivity contribution in [3.8, 4) is 16.9 Å². The third-order valence-electron chi connectivity index (χ3n) is 4.71. The van der Waals surface area contributed by atoms with Crippen LogP contribution in [0.25, 0.3) is 16.9 Å². The molecule has 2 heterocycles. The molecule has 0 fully saturated rings. The molecule has 2 aromatic carbocycles. The van der Waals surface area contributed by atoms with E-state index in [9.17, 15) is 18.0 Å². The average Bonchev–Trinajstić information content (AvgIpc) is 3.36. The van der Waals surface area contributed by atoms with Crippen molar-refractivity contribution in [1.82, 2.24) is 14.8 Å². The second-order valence-corrected chi connectivity index (χ2v) is 7.82.